The Labute approximate surface area is 95.9 Å². The molecule has 0 saturated carbocycles. The van der Waals surface area contributed by atoms with Crippen molar-refractivity contribution in [3.8, 4) is 0 Å². The summed E-state index contributed by atoms with van der Waals surface area (Å²) in [6, 6.07) is 6.03. The Morgan fingerprint density at radius 2 is 2.12 bits per heavy atom. The normalized spacial score (nSPS) is 12.2. The van der Waals surface area contributed by atoms with E-state index in [0.717, 1.165) is 29.1 Å². The summed E-state index contributed by atoms with van der Waals surface area (Å²) in [5.41, 5.74) is 2.73. The summed E-state index contributed by atoms with van der Waals surface area (Å²) in [5.74, 6) is 0.749. The summed E-state index contributed by atoms with van der Waals surface area (Å²) in [4.78, 5) is 4.53. The molecule has 0 aliphatic rings. The van der Waals surface area contributed by atoms with Gasteiger partial charge in [-0.2, -0.15) is 0 Å². The van der Waals surface area contributed by atoms with E-state index in [4.69, 9.17) is 4.42 Å². The molecule has 86 valence electrons. The van der Waals surface area contributed by atoms with E-state index >= 15 is 0 Å². The standard InChI is InChI=1S/C13H18N2O/c1-5-14-13(3,4)12-15-10-8-6-7-9(2)11(10)16-12/h6-8,14H,5H2,1-4H3. The van der Waals surface area contributed by atoms with Crippen LogP contribution in [0.15, 0.2) is 22.6 Å². The maximum absolute atomic E-state index is 5.84. The summed E-state index contributed by atoms with van der Waals surface area (Å²) >= 11 is 0. The maximum atomic E-state index is 5.84. The minimum atomic E-state index is -0.222. The van der Waals surface area contributed by atoms with Gasteiger partial charge < -0.3 is 9.73 Å². The van der Waals surface area contributed by atoms with Gasteiger partial charge in [-0.1, -0.05) is 19.1 Å². The molecular weight excluding hydrogens is 200 g/mol. The molecule has 0 fully saturated rings. The van der Waals surface area contributed by atoms with Gasteiger partial charge in [-0.15, -0.1) is 0 Å². The van der Waals surface area contributed by atoms with Gasteiger partial charge in [0, 0.05) is 0 Å². The fourth-order valence-electron chi connectivity index (χ4n) is 1.87. The molecule has 0 saturated heterocycles. The third kappa shape index (κ3) is 1.83. The van der Waals surface area contributed by atoms with E-state index < -0.39 is 0 Å². The van der Waals surface area contributed by atoms with E-state index in [9.17, 15) is 0 Å². The van der Waals surface area contributed by atoms with E-state index in [0.29, 0.717) is 0 Å². The third-order valence-electron chi connectivity index (χ3n) is 2.77. The lowest BCUT2D eigenvalue weighted by Crippen LogP contribution is -2.36. The molecule has 0 aliphatic heterocycles. The van der Waals surface area contributed by atoms with Gasteiger partial charge in [-0.25, -0.2) is 4.98 Å². The Morgan fingerprint density at radius 1 is 1.38 bits per heavy atom. The van der Waals surface area contributed by atoms with E-state index in [1.807, 2.05) is 25.1 Å². The highest BCUT2D eigenvalue weighted by atomic mass is 16.4. The van der Waals surface area contributed by atoms with Gasteiger partial charge in [0.05, 0.1) is 5.54 Å². The molecule has 0 bridgehead atoms. The largest absolute Gasteiger partial charge is 0.438 e. The summed E-state index contributed by atoms with van der Waals surface area (Å²) in [7, 11) is 0. The summed E-state index contributed by atoms with van der Waals surface area (Å²) in [6.45, 7) is 9.17. The molecule has 1 aromatic heterocycles. The lowest BCUT2D eigenvalue weighted by Gasteiger charge is -2.21. The predicted octanol–water partition coefficient (Wildman–Crippen LogP) is 2.98. The molecule has 0 amide bonds. The van der Waals surface area contributed by atoms with E-state index in [1.54, 1.807) is 0 Å². The zero-order valence-corrected chi connectivity index (χ0v) is 10.3. The van der Waals surface area contributed by atoms with Gasteiger partial charge in [0.15, 0.2) is 5.58 Å². The van der Waals surface area contributed by atoms with Crippen LogP contribution in [0.5, 0.6) is 0 Å². The fourth-order valence-corrected chi connectivity index (χ4v) is 1.87. The summed E-state index contributed by atoms with van der Waals surface area (Å²) < 4.78 is 5.84. The number of aromatic nitrogens is 1. The lowest BCUT2D eigenvalue weighted by molar-refractivity contribution is 0.322. The minimum Gasteiger partial charge on any atom is -0.438 e. The number of nitrogens with one attached hydrogen (secondary N) is 1. The molecule has 3 heteroatoms. The first-order chi connectivity index (χ1) is 7.54. The number of hydrogen-bond donors (Lipinski definition) is 1. The van der Waals surface area contributed by atoms with Crippen LogP contribution < -0.4 is 5.32 Å². The van der Waals surface area contributed by atoms with E-state index in [2.05, 4.69) is 31.1 Å². The first-order valence-electron chi connectivity index (χ1n) is 5.66. The number of nitrogens with zero attached hydrogens (tertiary/aromatic N) is 1. The van der Waals surface area contributed by atoms with Gasteiger partial charge in [-0.05, 0) is 38.9 Å². The molecule has 0 aliphatic carbocycles. The molecule has 0 spiro atoms. The monoisotopic (exact) mass is 218 g/mol. The Morgan fingerprint density at radius 3 is 2.75 bits per heavy atom. The van der Waals surface area contributed by atoms with Crippen LogP contribution in [0.2, 0.25) is 0 Å². The Kier molecular flexibility index (Phi) is 2.72. The molecule has 0 unspecified atom stereocenters. The summed E-state index contributed by atoms with van der Waals surface area (Å²) in [5, 5.41) is 3.36. The van der Waals surface area contributed by atoms with Crippen molar-refractivity contribution in [2.45, 2.75) is 33.2 Å². The van der Waals surface area contributed by atoms with E-state index in [-0.39, 0.29) is 5.54 Å². The van der Waals surface area contributed by atoms with Crippen molar-refractivity contribution in [1.82, 2.24) is 10.3 Å². The molecule has 16 heavy (non-hydrogen) atoms. The molecule has 0 atom stereocenters. The van der Waals surface area contributed by atoms with Crippen molar-refractivity contribution >= 4 is 11.1 Å². The molecule has 0 radical (unpaired) electrons. The van der Waals surface area contributed by atoms with E-state index in [1.165, 1.54) is 0 Å². The highest BCUT2D eigenvalue weighted by Gasteiger charge is 2.25. The van der Waals surface area contributed by atoms with Crippen LogP contribution in [0, 0.1) is 6.92 Å². The highest BCUT2D eigenvalue weighted by Crippen LogP contribution is 2.25. The number of fused-ring (bicyclic) bond motifs is 1. The fraction of sp³-hybridized carbons (Fsp3) is 0.462. The molecule has 2 aromatic rings. The third-order valence-corrected chi connectivity index (χ3v) is 2.77. The predicted molar refractivity (Wildman–Crippen MR) is 65.4 cm³/mol. The molecular formula is C13H18N2O. The number of para-hydroxylation sites is 1. The van der Waals surface area contributed by atoms with Crippen LogP contribution in [0.4, 0.5) is 0 Å². The van der Waals surface area contributed by atoms with Crippen LogP contribution in [-0.2, 0) is 5.54 Å². The van der Waals surface area contributed by atoms with Crippen molar-refractivity contribution in [3.05, 3.63) is 29.7 Å². The Hall–Kier alpha value is -1.35. The van der Waals surface area contributed by atoms with Crippen LogP contribution in [0.3, 0.4) is 0 Å². The van der Waals surface area contributed by atoms with Crippen LogP contribution >= 0.6 is 0 Å². The molecule has 1 aromatic carbocycles. The van der Waals surface area contributed by atoms with Crippen LogP contribution in [0.1, 0.15) is 32.2 Å². The molecule has 1 heterocycles. The van der Waals surface area contributed by atoms with Crippen molar-refractivity contribution in [1.29, 1.82) is 0 Å². The van der Waals surface area contributed by atoms with Crippen LogP contribution in [0.25, 0.3) is 11.1 Å². The van der Waals surface area contributed by atoms with Crippen molar-refractivity contribution in [3.63, 3.8) is 0 Å². The van der Waals surface area contributed by atoms with Crippen molar-refractivity contribution < 1.29 is 4.42 Å². The number of hydrogen-bond acceptors (Lipinski definition) is 3. The first-order valence-corrected chi connectivity index (χ1v) is 5.66. The second-order valence-electron chi connectivity index (χ2n) is 4.60. The Balaban J connectivity index is 2.51. The van der Waals surface area contributed by atoms with Crippen molar-refractivity contribution in [2.24, 2.45) is 0 Å². The minimum absolute atomic E-state index is 0.222. The number of aryl methyl sites for hydroxylation is 1. The highest BCUT2D eigenvalue weighted by molar-refractivity contribution is 5.76. The summed E-state index contributed by atoms with van der Waals surface area (Å²) in [6.07, 6.45) is 0. The topological polar surface area (TPSA) is 38.1 Å². The number of oxazole rings is 1. The zero-order valence-electron chi connectivity index (χ0n) is 10.3. The first kappa shape index (κ1) is 11.1. The number of benzene rings is 1. The van der Waals surface area contributed by atoms with Gasteiger partial charge >= 0.3 is 0 Å². The van der Waals surface area contributed by atoms with Gasteiger partial charge in [0.2, 0.25) is 5.89 Å². The second-order valence-corrected chi connectivity index (χ2v) is 4.60. The Bertz CT molecular complexity index is 500. The van der Waals surface area contributed by atoms with Crippen LogP contribution in [-0.4, -0.2) is 11.5 Å². The van der Waals surface area contributed by atoms with Crippen molar-refractivity contribution in [2.75, 3.05) is 6.54 Å². The van der Waals surface area contributed by atoms with Gasteiger partial charge in [-0.3, -0.25) is 0 Å². The SMILES string of the molecule is CCNC(C)(C)c1nc2cccc(C)c2o1. The quantitative estimate of drug-likeness (QED) is 0.860. The van der Waals surface area contributed by atoms with Gasteiger partial charge in [0.1, 0.15) is 5.52 Å². The maximum Gasteiger partial charge on any atom is 0.215 e. The second kappa shape index (κ2) is 3.91. The number of rotatable bonds is 3. The average molecular weight is 218 g/mol. The molecule has 2 rings (SSSR count). The smallest absolute Gasteiger partial charge is 0.215 e. The lowest BCUT2D eigenvalue weighted by atomic mass is 10.1. The molecule has 3 nitrogen and oxygen atoms in total. The van der Waals surface area contributed by atoms with Gasteiger partial charge in [0.25, 0.3) is 0 Å². The zero-order chi connectivity index (χ0) is 11.8. The molecule has 1 N–H and O–H groups in total. The average Bonchev–Trinajstić information content (AvgIpc) is 2.63.